The quantitative estimate of drug-likeness (QED) is 0.730. The minimum atomic E-state index is -0.574. The van der Waals surface area contributed by atoms with E-state index < -0.39 is 11.0 Å². The number of anilines is 1. The number of hydrogen-bond acceptors (Lipinski definition) is 2. The molecule has 1 saturated carbocycles. The van der Waals surface area contributed by atoms with E-state index in [1.54, 1.807) is 6.07 Å². The predicted molar refractivity (Wildman–Crippen MR) is 68.5 cm³/mol. The van der Waals surface area contributed by atoms with Gasteiger partial charge in [-0.15, -0.1) is 0 Å². The molecule has 0 aromatic heterocycles. The third-order valence-electron chi connectivity index (χ3n) is 4.51. The Kier molecular flexibility index (Phi) is 1.75. The molecule has 1 aromatic rings. The molecule has 1 spiro atoms. The van der Waals surface area contributed by atoms with E-state index in [4.69, 9.17) is 16.3 Å². The van der Waals surface area contributed by atoms with Gasteiger partial charge in [0, 0.05) is 16.3 Å². The summed E-state index contributed by atoms with van der Waals surface area (Å²) in [5, 5.41) is 3.63. The highest BCUT2D eigenvalue weighted by atomic mass is 35.5. The van der Waals surface area contributed by atoms with E-state index in [1.165, 1.54) is 5.57 Å². The van der Waals surface area contributed by atoms with Crippen LogP contribution in [0.1, 0.15) is 18.9 Å². The number of hydrogen-bond donors (Lipinski definition) is 1. The first-order valence-corrected chi connectivity index (χ1v) is 6.41. The van der Waals surface area contributed by atoms with Crippen LogP contribution in [0.25, 0.3) is 0 Å². The van der Waals surface area contributed by atoms with Gasteiger partial charge < -0.3 is 10.1 Å². The summed E-state index contributed by atoms with van der Waals surface area (Å²) < 4.78 is 5.99. The largest absolute Gasteiger partial charge is 0.361 e. The van der Waals surface area contributed by atoms with Crippen molar-refractivity contribution in [2.75, 3.05) is 11.9 Å². The second kappa shape index (κ2) is 2.98. The molecule has 0 bridgehead atoms. The molecule has 1 fully saturated rings. The summed E-state index contributed by atoms with van der Waals surface area (Å²) in [6.45, 7) is 2.54. The number of halogens is 1. The molecular formula is C14H12ClNO2. The minimum Gasteiger partial charge on any atom is -0.361 e. The zero-order chi connectivity index (χ0) is 12.5. The first-order valence-electron chi connectivity index (χ1n) is 6.03. The number of carbonyl (C=O) groups excluding carboxylic acids is 1. The van der Waals surface area contributed by atoms with Crippen molar-refractivity contribution in [1.29, 1.82) is 0 Å². The number of fused-ring (bicyclic) bond motifs is 1. The highest BCUT2D eigenvalue weighted by Gasteiger charge is 2.69. The predicted octanol–water partition coefficient (Wildman–Crippen LogP) is 2.85. The summed E-state index contributed by atoms with van der Waals surface area (Å²) >= 11 is 6.09. The first kappa shape index (κ1) is 10.6. The lowest BCUT2D eigenvalue weighted by molar-refractivity contribution is -0.162. The molecule has 92 valence electrons. The lowest BCUT2D eigenvalue weighted by Gasteiger charge is -2.58. The normalized spacial score (nSPS) is 35.9. The molecule has 3 aliphatic rings. The van der Waals surface area contributed by atoms with Crippen molar-refractivity contribution in [2.45, 2.75) is 18.9 Å². The van der Waals surface area contributed by atoms with E-state index in [-0.39, 0.29) is 5.91 Å². The Balaban J connectivity index is 2.04. The van der Waals surface area contributed by atoms with Crippen molar-refractivity contribution < 1.29 is 9.53 Å². The Hall–Kier alpha value is -1.32. The second-order valence-electron chi connectivity index (χ2n) is 5.37. The molecule has 0 saturated heterocycles. The Labute approximate surface area is 110 Å². The number of rotatable bonds is 0. The zero-order valence-electron chi connectivity index (χ0n) is 9.92. The Morgan fingerprint density at radius 1 is 1.44 bits per heavy atom. The lowest BCUT2D eigenvalue weighted by Crippen LogP contribution is -2.63. The summed E-state index contributed by atoms with van der Waals surface area (Å²) in [7, 11) is 0. The average molecular weight is 262 g/mol. The molecule has 0 radical (unpaired) electrons. The van der Waals surface area contributed by atoms with Crippen LogP contribution in [0.2, 0.25) is 5.02 Å². The molecule has 4 heteroatoms. The molecule has 1 amide bonds. The summed E-state index contributed by atoms with van der Waals surface area (Å²) in [6.07, 6.45) is 2.86. The molecule has 18 heavy (non-hydrogen) atoms. The second-order valence-corrected chi connectivity index (χ2v) is 5.81. The Bertz CT molecular complexity index is 624. The van der Waals surface area contributed by atoms with Crippen molar-refractivity contribution in [3.05, 3.63) is 40.4 Å². The van der Waals surface area contributed by atoms with Gasteiger partial charge in [-0.25, -0.2) is 0 Å². The zero-order valence-corrected chi connectivity index (χ0v) is 10.7. The first-order chi connectivity index (χ1) is 8.58. The van der Waals surface area contributed by atoms with Crippen LogP contribution in [-0.2, 0) is 15.1 Å². The summed E-state index contributed by atoms with van der Waals surface area (Å²) in [4.78, 5) is 12.3. The molecule has 1 aliphatic carbocycles. The van der Waals surface area contributed by atoms with E-state index in [1.807, 2.05) is 19.1 Å². The van der Waals surface area contributed by atoms with Crippen molar-refractivity contribution in [3.63, 3.8) is 0 Å². The monoisotopic (exact) mass is 261 g/mol. The molecule has 2 atom stereocenters. The fourth-order valence-corrected chi connectivity index (χ4v) is 3.75. The summed E-state index contributed by atoms with van der Waals surface area (Å²) in [5.41, 5.74) is 1.94. The van der Waals surface area contributed by atoms with E-state index in [2.05, 4.69) is 11.4 Å². The van der Waals surface area contributed by atoms with Crippen LogP contribution in [0.15, 0.2) is 29.8 Å². The van der Waals surface area contributed by atoms with Gasteiger partial charge in [0.25, 0.3) is 0 Å². The van der Waals surface area contributed by atoms with Gasteiger partial charge in [0.05, 0.1) is 12.0 Å². The molecular weight excluding hydrogens is 250 g/mol. The Morgan fingerprint density at radius 2 is 2.28 bits per heavy atom. The van der Waals surface area contributed by atoms with Gasteiger partial charge in [-0.05, 0) is 37.1 Å². The third kappa shape index (κ3) is 0.919. The number of ether oxygens (including phenoxy) is 1. The van der Waals surface area contributed by atoms with Crippen molar-refractivity contribution >= 4 is 23.2 Å². The van der Waals surface area contributed by atoms with E-state index >= 15 is 0 Å². The average Bonchev–Trinajstić information content (AvgIpc) is 2.67. The third-order valence-corrected chi connectivity index (χ3v) is 4.75. The molecule has 2 aliphatic heterocycles. The van der Waals surface area contributed by atoms with Gasteiger partial charge >= 0.3 is 0 Å². The van der Waals surface area contributed by atoms with Gasteiger partial charge in [-0.1, -0.05) is 17.7 Å². The maximum Gasteiger partial charge on any atom is 0.234 e. The molecule has 4 rings (SSSR count). The van der Waals surface area contributed by atoms with Crippen LogP contribution in [0.4, 0.5) is 5.69 Å². The number of nitrogens with one attached hydrogen (secondary N) is 1. The standard InChI is InChI=1S/C14H12ClNO2/c1-13-7-8-4-5-18-14(8,13)10-6-9(15)2-3-11(10)16-12(13)17/h2-4,6H,5,7H2,1H3,(H,16,17)/t13-,14-/m0/s1. The topological polar surface area (TPSA) is 38.3 Å². The van der Waals surface area contributed by atoms with Crippen LogP contribution in [-0.4, -0.2) is 12.5 Å². The van der Waals surface area contributed by atoms with E-state index in [9.17, 15) is 4.79 Å². The van der Waals surface area contributed by atoms with Gasteiger partial charge in [-0.2, -0.15) is 0 Å². The maximum absolute atomic E-state index is 12.3. The molecule has 0 unspecified atom stereocenters. The van der Waals surface area contributed by atoms with Crippen molar-refractivity contribution in [1.82, 2.24) is 0 Å². The maximum atomic E-state index is 12.3. The smallest absolute Gasteiger partial charge is 0.234 e. The summed E-state index contributed by atoms with van der Waals surface area (Å²) in [5.74, 6) is 0.0383. The highest BCUT2D eigenvalue weighted by Crippen LogP contribution is 2.67. The number of benzene rings is 1. The van der Waals surface area contributed by atoms with Crippen molar-refractivity contribution in [2.24, 2.45) is 5.41 Å². The van der Waals surface area contributed by atoms with Crippen LogP contribution in [0, 0.1) is 5.41 Å². The fourth-order valence-electron chi connectivity index (χ4n) is 3.58. The van der Waals surface area contributed by atoms with Gasteiger partial charge in [0.15, 0.2) is 0 Å². The number of amides is 1. The molecule has 1 aromatic carbocycles. The fraction of sp³-hybridized carbons (Fsp3) is 0.357. The number of carbonyl (C=O) groups is 1. The molecule has 2 heterocycles. The van der Waals surface area contributed by atoms with E-state index in [0.29, 0.717) is 11.6 Å². The van der Waals surface area contributed by atoms with Gasteiger partial charge in [-0.3, -0.25) is 4.79 Å². The van der Waals surface area contributed by atoms with Gasteiger partial charge in [0.1, 0.15) is 5.60 Å². The lowest BCUT2D eigenvalue weighted by atomic mass is 9.50. The van der Waals surface area contributed by atoms with Gasteiger partial charge in [0.2, 0.25) is 5.91 Å². The Morgan fingerprint density at radius 3 is 3.06 bits per heavy atom. The minimum absolute atomic E-state index is 0.0383. The molecule has 3 nitrogen and oxygen atoms in total. The highest BCUT2D eigenvalue weighted by molar-refractivity contribution is 6.30. The van der Waals surface area contributed by atoms with E-state index in [0.717, 1.165) is 17.7 Å². The van der Waals surface area contributed by atoms with Crippen molar-refractivity contribution in [3.8, 4) is 0 Å². The van der Waals surface area contributed by atoms with Crippen LogP contribution >= 0.6 is 11.6 Å². The van der Waals surface area contributed by atoms with Crippen LogP contribution in [0.5, 0.6) is 0 Å². The summed E-state index contributed by atoms with van der Waals surface area (Å²) in [6, 6.07) is 5.55. The molecule has 1 N–H and O–H groups in total. The van der Waals surface area contributed by atoms with Crippen LogP contribution < -0.4 is 5.32 Å². The van der Waals surface area contributed by atoms with Crippen LogP contribution in [0.3, 0.4) is 0 Å². The SMILES string of the molecule is C[C@@]12CC3=CCO[C@]31c1cc(Cl)ccc1NC2=O.